The quantitative estimate of drug-likeness (QED) is 0.485. The average molecular weight is 396 g/mol. The van der Waals surface area contributed by atoms with Crippen molar-refractivity contribution >= 4 is 34.0 Å². The third-order valence-electron chi connectivity index (χ3n) is 4.93. The Labute approximate surface area is 163 Å². The predicted octanol–water partition coefficient (Wildman–Crippen LogP) is 2.93. The first-order valence-corrected chi connectivity index (χ1v) is 9.04. The van der Waals surface area contributed by atoms with Crippen LogP contribution in [0.2, 0.25) is 0 Å². The van der Waals surface area contributed by atoms with Crippen molar-refractivity contribution in [3.63, 3.8) is 0 Å². The molecular formula is C18H16N6O5. The molecule has 148 valence electrons. The second-order valence-corrected chi connectivity index (χ2v) is 6.72. The molecule has 2 aromatic carbocycles. The molecule has 0 aliphatic carbocycles. The molecule has 3 aromatic rings. The Balaban J connectivity index is 1.87. The zero-order chi connectivity index (χ0) is 20.5. The Morgan fingerprint density at radius 2 is 1.59 bits per heavy atom. The largest absolute Gasteiger partial charge is 0.360 e. The number of nitrogens with zero attached hydrogens (tertiary/aromatic N) is 6. The number of aromatic nitrogens is 3. The third kappa shape index (κ3) is 3.26. The van der Waals surface area contributed by atoms with E-state index in [1.807, 2.05) is 0 Å². The number of nitro groups is 2. The highest BCUT2D eigenvalue weighted by atomic mass is 16.6. The molecule has 1 saturated heterocycles. The van der Waals surface area contributed by atoms with E-state index in [2.05, 4.69) is 10.3 Å². The second-order valence-electron chi connectivity index (χ2n) is 6.72. The Morgan fingerprint density at radius 3 is 2.21 bits per heavy atom. The van der Waals surface area contributed by atoms with Crippen molar-refractivity contribution in [3.05, 3.63) is 62.2 Å². The minimum atomic E-state index is -0.727. The molecule has 11 nitrogen and oxygen atoms in total. The van der Waals surface area contributed by atoms with Crippen molar-refractivity contribution in [1.82, 2.24) is 15.0 Å². The van der Waals surface area contributed by atoms with Crippen LogP contribution in [-0.2, 0) is 0 Å². The van der Waals surface area contributed by atoms with Crippen molar-refractivity contribution in [2.45, 2.75) is 19.3 Å². The molecule has 1 aliphatic heterocycles. The van der Waals surface area contributed by atoms with Crippen molar-refractivity contribution in [3.8, 4) is 0 Å². The van der Waals surface area contributed by atoms with Crippen LogP contribution in [0.3, 0.4) is 0 Å². The number of carbonyl (C=O) groups excluding carboxylic acids is 1. The van der Waals surface area contributed by atoms with Gasteiger partial charge in [0.1, 0.15) is 5.52 Å². The lowest BCUT2D eigenvalue weighted by atomic mass is 10.1. The normalized spacial score (nSPS) is 14.1. The van der Waals surface area contributed by atoms with Gasteiger partial charge in [0, 0.05) is 25.2 Å². The summed E-state index contributed by atoms with van der Waals surface area (Å²) in [5, 5.41) is 31.1. The van der Waals surface area contributed by atoms with Crippen molar-refractivity contribution < 1.29 is 14.6 Å². The molecule has 0 N–H and O–H groups in total. The van der Waals surface area contributed by atoms with Gasteiger partial charge in [-0.05, 0) is 31.4 Å². The fourth-order valence-electron chi connectivity index (χ4n) is 3.59. The van der Waals surface area contributed by atoms with Crippen LogP contribution in [0.1, 0.15) is 29.6 Å². The Hall–Kier alpha value is -3.89. The molecule has 11 heteroatoms. The lowest BCUT2D eigenvalue weighted by Crippen LogP contribution is -2.30. The molecule has 1 aromatic heterocycles. The number of fused-ring (bicyclic) bond motifs is 1. The van der Waals surface area contributed by atoms with Gasteiger partial charge in [0.15, 0.2) is 5.69 Å². The monoisotopic (exact) mass is 396 g/mol. The minimum absolute atomic E-state index is 0.0558. The molecule has 0 spiro atoms. The van der Waals surface area contributed by atoms with Crippen LogP contribution in [0, 0.1) is 20.2 Å². The number of hydrogen-bond donors (Lipinski definition) is 0. The zero-order valence-electron chi connectivity index (χ0n) is 15.2. The smallest absolute Gasteiger partial charge is 0.300 e. The van der Waals surface area contributed by atoms with Gasteiger partial charge < -0.3 is 4.90 Å². The number of piperidine rings is 1. The van der Waals surface area contributed by atoms with Gasteiger partial charge in [0.2, 0.25) is 0 Å². The van der Waals surface area contributed by atoms with E-state index < -0.39 is 27.1 Å². The van der Waals surface area contributed by atoms with E-state index in [4.69, 9.17) is 0 Å². The lowest BCUT2D eigenvalue weighted by molar-refractivity contribution is -0.392. The van der Waals surface area contributed by atoms with Crippen LogP contribution in [-0.4, -0.2) is 43.8 Å². The Bertz CT molecular complexity index is 1100. The number of carbonyl (C=O) groups is 1. The number of benzene rings is 2. The van der Waals surface area contributed by atoms with Crippen molar-refractivity contribution in [2.75, 3.05) is 18.0 Å². The highest BCUT2D eigenvalue weighted by Gasteiger charge is 2.33. The number of rotatable bonds is 4. The van der Waals surface area contributed by atoms with Gasteiger partial charge in [-0.3, -0.25) is 25.0 Å². The van der Waals surface area contributed by atoms with E-state index in [1.165, 1.54) is 0 Å². The minimum Gasteiger partial charge on any atom is -0.360 e. The molecule has 0 saturated carbocycles. The van der Waals surface area contributed by atoms with Gasteiger partial charge in [-0.15, -0.1) is 5.10 Å². The molecule has 0 atom stereocenters. The molecule has 29 heavy (non-hydrogen) atoms. The van der Waals surface area contributed by atoms with E-state index in [-0.39, 0.29) is 11.3 Å². The molecule has 1 fully saturated rings. The van der Waals surface area contributed by atoms with Crippen LogP contribution < -0.4 is 4.90 Å². The molecular weight excluding hydrogens is 380 g/mol. The van der Waals surface area contributed by atoms with E-state index in [9.17, 15) is 25.0 Å². The SMILES string of the molecule is O=C(c1cc([N+](=O)[O-])c(N2CCCCC2)c([N+](=O)[O-])c1)n1nnc2ccccc21. The van der Waals surface area contributed by atoms with E-state index >= 15 is 0 Å². The van der Waals surface area contributed by atoms with Gasteiger partial charge in [0.05, 0.1) is 20.9 Å². The molecule has 4 rings (SSSR count). The maximum absolute atomic E-state index is 13.0. The van der Waals surface area contributed by atoms with Gasteiger partial charge in [-0.1, -0.05) is 17.3 Å². The fraction of sp³-hybridized carbons (Fsp3) is 0.278. The van der Waals surface area contributed by atoms with Crippen LogP contribution in [0.4, 0.5) is 17.1 Å². The molecule has 1 aliphatic rings. The number of anilines is 1. The third-order valence-corrected chi connectivity index (χ3v) is 4.93. The van der Waals surface area contributed by atoms with Crippen LogP contribution in [0.25, 0.3) is 11.0 Å². The van der Waals surface area contributed by atoms with Crippen LogP contribution >= 0.6 is 0 Å². The summed E-state index contributed by atoms with van der Waals surface area (Å²) >= 11 is 0. The Kier molecular flexibility index (Phi) is 4.63. The van der Waals surface area contributed by atoms with Gasteiger partial charge in [-0.2, -0.15) is 4.68 Å². The maximum atomic E-state index is 13.0. The summed E-state index contributed by atoms with van der Waals surface area (Å²) in [6.07, 6.45) is 2.55. The fourth-order valence-corrected chi connectivity index (χ4v) is 3.59. The first-order valence-electron chi connectivity index (χ1n) is 9.04. The number of para-hydroxylation sites is 1. The van der Waals surface area contributed by atoms with Gasteiger partial charge in [-0.25, -0.2) is 0 Å². The first kappa shape index (κ1) is 18.5. The summed E-state index contributed by atoms with van der Waals surface area (Å²) in [7, 11) is 0. The summed E-state index contributed by atoms with van der Waals surface area (Å²) < 4.78 is 0.985. The molecule has 0 unspecified atom stereocenters. The van der Waals surface area contributed by atoms with Crippen LogP contribution in [0.15, 0.2) is 36.4 Å². The van der Waals surface area contributed by atoms with Crippen molar-refractivity contribution in [1.29, 1.82) is 0 Å². The summed E-state index contributed by atoms with van der Waals surface area (Å²) in [5.74, 6) is -0.727. The molecule has 0 amide bonds. The first-order chi connectivity index (χ1) is 14.0. The highest BCUT2D eigenvalue weighted by Crippen LogP contribution is 2.40. The van der Waals surface area contributed by atoms with Gasteiger partial charge >= 0.3 is 0 Å². The number of hydrogen-bond acceptors (Lipinski definition) is 8. The second kappa shape index (κ2) is 7.26. The van der Waals surface area contributed by atoms with E-state index in [0.29, 0.717) is 24.1 Å². The van der Waals surface area contributed by atoms with Gasteiger partial charge in [0.25, 0.3) is 17.3 Å². The van der Waals surface area contributed by atoms with E-state index in [1.54, 1.807) is 29.2 Å². The zero-order valence-corrected chi connectivity index (χ0v) is 15.2. The molecule has 0 radical (unpaired) electrons. The standard InChI is InChI=1S/C18H16N6O5/c25-18(22-14-7-3-2-6-13(14)19-20-22)12-10-15(23(26)27)17(16(11-12)24(28)29)21-8-4-1-5-9-21/h2-3,6-7,10-11H,1,4-5,8-9H2. The lowest BCUT2D eigenvalue weighted by Gasteiger charge is -2.28. The van der Waals surface area contributed by atoms with Crippen LogP contribution in [0.5, 0.6) is 0 Å². The molecule has 2 heterocycles. The number of nitro benzene ring substituents is 2. The maximum Gasteiger partial charge on any atom is 0.300 e. The topological polar surface area (TPSA) is 137 Å². The Morgan fingerprint density at radius 1 is 0.966 bits per heavy atom. The summed E-state index contributed by atoms with van der Waals surface area (Å²) in [4.78, 5) is 36.7. The highest BCUT2D eigenvalue weighted by molar-refractivity contribution is 6.02. The summed E-state index contributed by atoms with van der Waals surface area (Å²) in [6, 6.07) is 8.87. The molecule has 0 bridgehead atoms. The average Bonchev–Trinajstić information content (AvgIpc) is 3.17. The van der Waals surface area contributed by atoms with Crippen molar-refractivity contribution in [2.24, 2.45) is 0 Å². The van der Waals surface area contributed by atoms with E-state index in [0.717, 1.165) is 36.1 Å². The summed E-state index contributed by atoms with van der Waals surface area (Å²) in [5.41, 5.74) is -0.306. The summed E-state index contributed by atoms with van der Waals surface area (Å²) in [6.45, 7) is 0.978. The predicted molar refractivity (Wildman–Crippen MR) is 103 cm³/mol.